The predicted molar refractivity (Wildman–Crippen MR) is 89.7 cm³/mol. The lowest BCUT2D eigenvalue weighted by Gasteiger charge is -2.27. The van der Waals surface area contributed by atoms with Crippen LogP contribution in [0.25, 0.3) is 0 Å². The molecule has 3 rings (SSSR count). The summed E-state index contributed by atoms with van der Waals surface area (Å²) < 4.78 is 2.92. The lowest BCUT2D eigenvalue weighted by molar-refractivity contribution is -0.132. The number of aromatic nitrogens is 3. The number of carbonyl (C=O) groups excluding carboxylic acids is 1. The van der Waals surface area contributed by atoms with Crippen LogP contribution in [0, 0.1) is 6.92 Å². The first-order valence-corrected chi connectivity index (χ1v) is 8.65. The van der Waals surface area contributed by atoms with Crippen molar-refractivity contribution in [3.63, 3.8) is 0 Å². The van der Waals surface area contributed by atoms with Crippen LogP contribution in [-0.2, 0) is 29.8 Å². The number of rotatable bonds is 2. The molecule has 1 amide bonds. The van der Waals surface area contributed by atoms with Crippen LogP contribution >= 0.6 is 11.3 Å². The molecule has 3 heterocycles. The molecule has 0 aliphatic carbocycles. The van der Waals surface area contributed by atoms with Gasteiger partial charge in [0.15, 0.2) is 0 Å². The van der Waals surface area contributed by atoms with E-state index < -0.39 is 5.54 Å². The van der Waals surface area contributed by atoms with E-state index in [2.05, 4.69) is 16.5 Å². The van der Waals surface area contributed by atoms with Crippen LogP contribution in [0.4, 0.5) is 0 Å². The second kappa shape index (κ2) is 5.63. The van der Waals surface area contributed by atoms with Gasteiger partial charge in [0.05, 0.1) is 5.54 Å². The number of hydrogen-bond donors (Lipinski definition) is 0. The van der Waals surface area contributed by atoms with Crippen LogP contribution in [0.15, 0.2) is 16.2 Å². The highest BCUT2D eigenvalue weighted by Crippen LogP contribution is 2.24. The van der Waals surface area contributed by atoms with E-state index in [1.165, 1.54) is 19.7 Å². The zero-order valence-electron chi connectivity index (χ0n) is 14.0. The molecule has 7 heteroatoms. The van der Waals surface area contributed by atoms with Crippen molar-refractivity contribution in [1.29, 1.82) is 0 Å². The Morgan fingerprint density at radius 1 is 1.39 bits per heavy atom. The van der Waals surface area contributed by atoms with Crippen molar-refractivity contribution < 1.29 is 4.79 Å². The van der Waals surface area contributed by atoms with Gasteiger partial charge in [0.25, 0.3) is 0 Å². The van der Waals surface area contributed by atoms with Crippen molar-refractivity contribution in [2.75, 3.05) is 6.54 Å². The van der Waals surface area contributed by atoms with Gasteiger partial charge in [-0.05, 0) is 51.1 Å². The number of aryl methyl sites for hydroxylation is 1. The summed E-state index contributed by atoms with van der Waals surface area (Å²) in [5.41, 5.74) is 0.605. The molecule has 1 aliphatic heterocycles. The zero-order chi connectivity index (χ0) is 16.8. The molecule has 0 atom stereocenters. The average Bonchev–Trinajstić information content (AvgIpc) is 3.05. The summed E-state index contributed by atoms with van der Waals surface area (Å²) in [5.74, 6) is 0.548. The lowest BCUT2D eigenvalue weighted by atomic mass is 10.1. The molecule has 23 heavy (non-hydrogen) atoms. The molecule has 0 saturated carbocycles. The van der Waals surface area contributed by atoms with Gasteiger partial charge in [-0.15, -0.1) is 11.3 Å². The third-order valence-electron chi connectivity index (χ3n) is 4.14. The largest absolute Gasteiger partial charge is 0.346 e. The fraction of sp³-hybridized carbons (Fsp3) is 0.562. The van der Waals surface area contributed by atoms with Gasteiger partial charge in [-0.3, -0.25) is 9.36 Å². The molecule has 0 N–H and O–H groups in total. The van der Waals surface area contributed by atoms with Crippen molar-refractivity contribution >= 4 is 17.2 Å². The first kappa shape index (κ1) is 16.0. The maximum Gasteiger partial charge on any atom is 0.346 e. The Morgan fingerprint density at radius 3 is 2.78 bits per heavy atom. The fourth-order valence-corrected chi connectivity index (χ4v) is 3.70. The number of fused-ring (bicyclic) bond motifs is 1. The Balaban J connectivity index is 1.79. The van der Waals surface area contributed by atoms with Crippen molar-refractivity contribution in [2.24, 2.45) is 0 Å². The van der Waals surface area contributed by atoms with E-state index >= 15 is 0 Å². The number of amides is 1. The highest BCUT2D eigenvalue weighted by molar-refractivity contribution is 7.10. The van der Waals surface area contributed by atoms with Gasteiger partial charge >= 0.3 is 5.69 Å². The molecule has 124 valence electrons. The summed E-state index contributed by atoms with van der Waals surface area (Å²) in [7, 11) is 0. The standard InChI is InChI=1S/C16H22N4O2S/c1-11-17-20(16(2,3)4)15(22)19(11)10-14(21)18-7-5-13-12(9-18)6-8-23-13/h6,8H,5,7,9-10H2,1-4H3. The number of carbonyl (C=O) groups is 1. The van der Waals surface area contributed by atoms with E-state index in [-0.39, 0.29) is 18.1 Å². The van der Waals surface area contributed by atoms with E-state index in [4.69, 9.17) is 0 Å². The van der Waals surface area contributed by atoms with Crippen molar-refractivity contribution in [3.05, 3.63) is 38.2 Å². The summed E-state index contributed by atoms with van der Waals surface area (Å²) >= 11 is 1.75. The molecule has 1 aliphatic rings. The monoisotopic (exact) mass is 334 g/mol. The maximum atomic E-state index is 12.6. The van der Waals surface area contributed by atoms with Crippen LogP contribution in [0.5, 0.6) is 0 Å². The smallest absolute Gasteiger partial charge is 0.336 e. The minimum atomic E-state index is -0.396. The molecule has 2 aromatic heterocycles. The fourth-order valence-electron chi connectivity index (χ4n) is 2.81. The lowest BCUT2D eigenvalue weighted by Crippen LogP contribution is -2.41. The Kier molecular flexibility index (Phi) is 3.91. The minimum absolute atomic E-state index is 0.0273. The molecule has 0 saturated heterocycles. The van der Waals surface area contributed by atoms with Crippen LogP contribution in [-0.4, -0.2) is 31.7 Å². The summed E-state index contributed by atoms with van der Waals surface area (Å²) in [6, 6.07) is 2.08. The number of thiophene rings is 1. The van der Waals surface area contributed by atoms with E-state index in [1.54, 1.807) is 18.3 Å². The highest BCUT2D eigenvalue weighted by Gasteiger charge is 2.25. The first-order chi connectivity index (χ1) is 10.8. The molecular formula is C16H22N4O2S. The van der Waals surface area contributed by atoms with Gasteiger partial charge in [0.2, 0.25) is 5.91 Å². The van der Waals surface area contributed by atoms with Gasteiger partial charge < -0.3 is 4.90 Å². The molecule has 0 bridgehead atoms. The third kappa shape index (κ3) is 2.97. The van der Waals surface area contributed by atoms with Crippen LogP contribution < -0.4 is 5.69 Å². The summed E-state index contributed by atoms with van der Waals surface area (Å²) in [5, 5.41) is 6.38. The second-order valence-corrected chi connectivity index (χ2v) is 7.93. The Morgan fingerprint density at radius 2 is 2.13 bits per heavy atom. The van der Waals surface area contributed by atoms with Gasteiger partial charge in [-0.25, -0.2) is 9.48 Å². The molecule has 0 aromatic carbocycles. The van der Waals surface area contributed by atoms with Gasteiger partial charge in [-0.1, -0.05) is 0 Å². The summed E-state index contributed by atoms with van der Waals surface area (Å²) in [6.45, 7) is 8.96. The number of hydrogen-bond acceptors (Lipinski definition) is 4. The highest BCUT2D eigenvalue weighted by atomic mass is 32.1. The molecule has 0 spiro atoms. The van der Waals surface area contributed by atoms with Crippen molar-refractivity contribution in [2.45, 2.75) is 52.7 Å². The molecule has 0 fully saturated rings. The molecule has 0 radical (unpaired) electrons. The molecule has 6 nitrogen and oxygen atoms in total. The number of nitrogens with zero attached hydrogens (tertiary/aromatic N) is 4. The maximum absolute atomic E-state index is 12.6. The van der Waals surface area contributed by atoms with E-state index in [0.29, 0.717) is 18.9 Å². The van der Waals surface area contributed by atoms with Crippen molar-refractivity contribution in [1.82, 2.24) is 19.2 Å². The Labute approximate surface area is 139 Å². The predicted octanol–water partition coefficient (Wildman–Crippen LogP) is 1.75. The van der Waals surface area contributed by atoms with Crippen molar-refractivity contribution in [3.8, 4) is 0 Å². The third-order valence-corrected chi connectivity index (χ3v) is 5.16. The SMILES string of the molecule is Cc1nn(C(C)(C)C)c(=O)n1CC(=O)N1CCc2sccc2C1. The topological polar surface area (TPSA) is 60.1 Å². The van der Waals surface area contributed by atoms with Crippen LogP contribution in [0.2, 0.25) is 0 Å². The van der Waals surface area contributed by atoms with Gasteiger partial charge in [0, 0.05) is 18.0 Å². The van der Waals surface area contributed by atoms with E-state index in [1.807, 2.05) is 25.7 Å². The normalized spacial score (nSPS) is 14.9. The van der Waals surface area contributed by atoms with Gasteiger partial charge in [-0.2, -0.15) is 5.10 Å². The second-order valence-electron chi connectivity index (χ2n) is 6.93. The zero-order valence-corrected chi connectivity index (χ0v) is 14.8. The quantitative estimate of drug-likeness (QED) is 0.841. The molecule has 2 aromatic rings. The molecular weight excluding hydrogens is 312 g/mol. The molecule has 0 unspecified atom stereocenters. The summed E-state index contributed by atoms with van der Waals surface area (Å²) in [6.07, 6.45) is 0.897. The first-order valence-electron chi connectivity index (χ1n) is 7.77. The minimum Gasteiger partial charge on any atom is -0.336 e. The van der Waals surface area contributed by atoms with Crippen LogP contribution in [0.1, 0.15) is 37.0 Å². The summed E-state index contributed by atoms with van der Waals surface area (Å²) in [4.78, 5) is 28.3. The average molecular weight is 334 g/mol. The van der Waals surface area contributed by atoms with Gasteiger partial charge in [0.1, 0.15) is 12.4 Å². The van der Waals surface area contributed by atoms with Crippen LogP contribution in [0.3, 0.4) is 0 Å². The Hall–Kier alpha value is -1.89. The van der Waals surface area contributed by atoms with E-state index in [0.717, 1.165) is 6.42 Å². The van der Waals surface area contributed by atoms with E-state index in [9.17, 15) is 9.59 Å². The Bertz CT molecular complexity index is 794.